The van der Waals surface area contributed by atoms with Crippen molar-refractivity contribution in [3.05, 3.63) is 30.3 Å². The van der Waals surface area contributed by atoms with Crippen LogP contribution in [-0.2, 0) is 4.79 Å². The predicted octanol–water partition coefficient (Wildman–Crippen LogP) is 1.50. The lowest BCUT2D eigenvalue weighted by molar-refractivity contribution is -0.122. The van der Waals surface area contributed by atoms with Crippen LogP contribution >= 0.6 is 0 Å². The molecule has 0 aliphatic carbocycles. The molecule has 1 rings (SSSR count). The summed E-state index contributed by atoms with van der Waals surface area (Å²) >= 11 is 0. The molecule has 1 amide bonds. The van der Waals surface area contributed by atoms with Crippen molar-refractivity contribution in [2.24, 2.45) is 0 Å². The fraction of sp³-hybridized carbons (Fsp3) is 0.111. The minimum atomic E-state index is -0.948. The Bertz CT molecular complexity index is 286. The van der Waals surface area contributed by atoms with Gasteiger partial charge < -0.3 is 10.2 Å². The first kappa shape index (κ1) is 12.0. The van der Waals surface area contributed by atoms with E-state index < -0.39 is 6.09 Å². The summed E-state index contributed by atoms with van der Waals surface area (Å²) in [6, 6.07) is 8.94. The Kier molecular flexibility index (Phi) is 5.53. The Morgan fingerprint density at radius 1 is 1.36 bits per heavy atom. The average molecular weight is 197 g/mol. The van der Waals surface area contributed by atoms with Crippen LogP contribution in [0.5, 0.6) is 0 Å². The third-order valence-electron chi connectivity index (χ3n) is 1.43. The van der Waals surface area contributed by atoms with Gasteiger partial charge in [0.1, 0.15) is 0 Å². The number of carbonyl (C=O) groups is 2. The van der Waals surface area contributed by atoms with Crippen molar-refractivity contribution in [3.63, 3.8) is 0 Å². The van der Waals surface area contributed by atoms with Gasteiger partial charge in [0.05, 0.1) is 0 Å². The first-order valence-electron chi connectivity index (χ1n) is 3.73. The maximum atomic E-state index is 10.4. The van der Waals surface area contributed by atoms with E-state index in [4.69, 9.17) is 15.0 Å². The van der Waals surface area contributed by atoms with E-state index in [9.17, 15) is 4.79 Å². The van der Waals surface area contributed by atoms with E-state index in [1.807, 2.05) is 6.07 Å². The number of amides is 1. The molecular weight excluding hydrogens is 186 g/mol. The van der Waals surface area contributed by atoms with Gasteiger partial charge in [-0.05, 0) is 12.1 Å². The summed E-state index contributed by atoms with van der Waals surface area (Å²) in [5.74, 6) is 0. The summed E-state index contributed by atoms with van der Waals surface area (Å²) in [4.78, 5) is 20.0. The number of anilines is 1. The molecule has 0 bridgehead atoms. The zero-order chi connectivity index (χ0) is 11.0. The van der Waals surface area contributed by atoms with Crippen molar-refractivity contribution in [3.8, 4) is 0 Å². The lowest BCUT2D eigenvalue weighted by atomic mass is 10.3. The first-order valence-corrected chi connectivity index (χ1v) is 3.73. The largest absolute Gasteiger partial charge is 0.483 e. The van der Waals surface area contributed by atoms with Crippen molar-refractivity contribution in [2.75, 3.05) is 11.9 Å². The molecular formula is C9H11NO4. The molecule has 0 fully saturated rings. The third kappa shape index (κ3) is 4.10. The Morgan fingerprint density at radius 2 is 1.79 bits per heavy atom. The van der Waals surface area contributed by atoms with Gasteiger partial charge >= 0.3 is 6.09 Å². The van der Waals surface area contributed by atoms with Crippen LogP contribution in [0.1, 0.15) is 0 Å². The molecule has 0 aromatic heterocycles. The molecule has 0 aliphatic heterocycles. The lowest BCUT2D eigenvalue weighted by Crippen LogP contribution is -2.23. The highest BCUT2D eigenvalue weighted by molar-refractivity contribution is 5.85. The number of para-hydroxylation sites is 1. The molecule has 0 saturated carbocycles. The molecule has 0 spiro atoms. The quantitative estimate of drug-likeness (QED) is 0.669. The van der Waals surface area contributed by atoms with Crippen LogP contribution in [0.2, 0.25) is 0 Å². The minimum Gasteiger partial charge on any atom is -0.483 e. The molecule has 0 heterocycles. The molecule has 5 heteroatoms. The summed E-state index contributed by atoms with van der Waals surface area (Å²) in [5.41, 5.74) is 0.681. The second-order valence-electron chi connectivity index (χ2n) is 2.28. The second-order valence-corrected chi connectivity index (χ2v) is 2.28. The van der Waals surface area contributed by atoms with E-state index in [0.717, 1.165) is 0 Å². The van der Waals surface area contributed by atoms with Crippen molar-refractivity contribution in [2.45, 2.75) is 0 Å². The maximum Gasteiger partial charge on any atom is 0.411 e. The van der Waals surface area contributed by atoms with Crippen LogP contribution in [0.15, 0.2) is 30.3 Å². The summed E-state index contributed by atoms with van der Waals surface area (Å²) in [7, 11) is 1.51. The van der Waals surface area contributed by atoms with Gasteiger partial charge in [0.15, 0.2) is 0 Å². The smallest absolute Gasteiger partial charge is 0.411 e. The second kappa shape index (κ2) is 6.47. The highest BCUT2D eigenvalue weighted by Gasteiger charge is 2.05. The van der Waals surface area contributed by atoms with Gasteiger partial charge in [0.2, 0.25) is 0 Å². The van der Waals surface area contributed by atoms with Gasteiger partial charge in [-0.3, -0.25) is 9.69 Å². The molecule has 76 valence electrons. The molecule has 5 nitrogen and oxygen atoms in total. The van der Waals surface area contributed by atoms with E-state index in [-0.39, 0.29) is 6.47 Å². The average Bonchev–Trinajstić information content (AvgIpc) is 2.19. The van der Waals surface area contributed by atoms with Gasteiger partial charge in [-0.25, -0.2) is 4.79 Å². The Hall–Kier alpha value is -2.04. The normalized spacial score (nSPS) is 8.07. The molecule has 1 aromatic carbocycles. The fourth-order valence-corrected chi connectivity index (χ4v) is 0.762. The van der Waals surface area contributed by atoms with Gasteiger partial charge in [-0.15, -0.1) is 0 Å². The van der Waals surface area contributed by atoms with Crippen LogP contribution in [0.4, 0.5) is 10.5 Å². The summed E-state index contributed by atoms with van der Waals surface area (Å²) in [6.07, 6.45) is -0.948. The number of benzene rings is 1. The van der Waals surface area contributed by atoms with Crippen LogP contribution in [-0.4, -0.2) is 29.8 Å². The van der Waals surface area contributed by atoms with Crippen LogP contribution in [0.25, 0.3) is 0 Å². The number of hydrogen-bond acceptors (Lipinski definition) is 2. The predicted molar refractivity (Wildman–Crippen MR) is 51.6 cm³/mol. The van der Waals surface area contributed by atoms with Crippen molar-refractivity contribution < 1.29 is 19.8 Å². The molecule has 14 heavy (non-hydrogen) atoms. The first-order chi connectivity index (χ1) is 6.63. The Labute approximate surface area is 81.2 Å². The van der Waals surface area contributed by atoms with E-state index in [1.165, 1.54) is 11.9 Å². The summed E-state index contributed by atoms with van der Waals surface area (Å²) in [6.45, 7) is -0.250. The highest BCUT2D eigenvalue weighted by Crippen LogP contribution is 2.10. The van der Waals surface area contributed by atoms with E-state index in [2.05, 4.69) is 0 Å². The zero-order valence-electron chi connectivity index (χ0n) is 7.62. The van der Waals surface area contributed by atoms with Crippen LogP contribution < -0.4 is 4.90 Å². The minimum absolute atomic E-state index is 0.250. The lowest BCUT2D eigenvalue weighted by Gasteiger charge is -2.11. The molecule has 0 aliphatic rings. The number of carboxylic acid groups (broad SMARTS) is 2. The molecule has 0 saturated heterocycles. The topological polar surface area (TPSA) is 77.8 Å². The van der Waals surface area contributed by atoms with Gasteiger partial charge in [-0.2, -0.15) is 0 Å². The Balaban J connectivity index is 0.000000500. The SMILES string of the molecule is CN(C(=O)O)c1ccccc1.O=CO. The zero-order valence-corrected chi connectivity index (χ0v) is 7.62. The van der Waals surface area contributed by atoms with E-state index in [1.54, 1.807) is 24.3 Å². The van der Waals surface area contributed by atoms with Crippen LogP contribution in [0.3, 0.4) is 0 Å². The van der Waals surface area contributed by atoms with Crippen LogP contribution in [0, 0.1) is 0 Å². The third-order valence-corrected chi connectivity index (χ3v) is 1.43. The molecule has 0 unspecified atom stereocenters. The highest BCUT2D eigenvalue weighted by atomic mass is 16.4. The fourth-order valence-electron chi connectivity index (χ4n) is 0.762. The van der Waals surface area contributed by atoms with Crippen molar-refractivity contribution in [1.29, 1.82) is 0 Å². The van der Waals surface area contributed by atoms with Gasteiger partial charge in [0.25, 0.3) is 6.47 Å². The molecule has 2 N–H and O–H groups in total. The maximum absolute atomic E-state index is 10.4. The Morgan fingerprint density at radius 3 is 2.14 bits per heavy atom. The van der Waals surface area contributed by atoms with E-state index in [0.29, 0.717) is 5.69 Å². The standard InChI is InChI=1S/C8H9NO2.CH2O2/c1-9(8(10)11)7-5-3-2-4-6-7;2-1-3/h2-6H,1H3,(H,10,11);1H,(H,2,3). The molecule has 0 atom stereocenters. The molecule has 1 aromatic rings. The van der Waals surface area contributed by atoms with Crippen molar-refractivity contribution >= 4 is 18.3 Å². The summed E-state index contributed by atoms with van der Waals surface area (Å²) < 4.78 is 0. The van der Waals surface area contributed by atoms with E-state index >= 15 is 0 Å². The summed E-state index contributed by atoms with van der Waals surface area (Å²) in [5, 5.41) is 15.5. The van der Waals surface area contributed by atoms with Crippen molar-refractivity contribution in [1.82, 2.24) is 0 Å². The number of rotatable bonds is 1. The number of hydrogen-bond donors (Lipinski definition) is 2. The monoisotopic (exact) mass is 197 g/mol. The molecule has 0 radical (unpaired) electrons. The van der Waals surface area contributed by atoms with Gasteiger partial charge in [-0.1, -0.05) is 18.2 Å². The van der Waals surface area contributed by atoms with Gasteiger partial charge in [0, 0.05) is 12.7 Å². The number of nitrogens with zero attached hydrogens (tertiary/aromatic N) is 1.